The highest BCUT2D eigenvalue weighted by atomic mass is 16.6. The molecule has 29 heavy (non-hydrogen) atoms. The number of hydrogen-bond donors (Lipinski definition) is 2. The number of nitrogens with zero attached hydrogens (tertiary/aromatic N) is 1. The third kappa shape index (κ3) is 6.86. The van der Waals surface area contributed by atoms with E-state index in [1.165, 1.54) is 0 Å². The molecule has 0 saturated carbocycles. The molecule has 0 fully saturated rings. The largest absolute Gasteiger partial charge is 0.326 e. The van der Waals surface area contributed by atoms with E-state index in [2.05, 4.69) is 15.8 Å². The molecule has 0 saturated heterocycles. The molecule has 0 aliphatic rings. The molecule has 0 bridgehead atoms. The molecule has 148 valence electrons. The zero-order valence-corrected chi connectivity index (χ0v) is 16.0. The molecule has 1 atom stereocenters. The fourth-order valence-corrected chi connectivity index (χ4v) is 2.88. The predicted octanol–water partition coefficient (Wildman–Crippen LogP) is 3.52. The van der Waals surface area contributed by atoms with Crippen molar-refractivity contribution in [2.24, 2.45) is 5.92 Å². The first-order valence-electron chi connectivity index (χ1n) is 9.40. The normalized spacial score (nSPS) is 11.4. The maximum absolute atomic E-state index is 12.7. The quantitative estimate of drug-likeness (QED) is 0.549. The minimum Gasteiger partial charge on any atom is -0.326 e. The van der Waals surface area contributed by atoms with Crippen molar-refractivity contribution < 1.29 is 14.4 Å². The summed E-state index contributed by atoms with van der Waals surface area (Å²) in [5.41, 5.74) is 5.06. The first-order valence-corrected chi connectivity index (χ1v) is 9.40. The summed E-state index contributed by atoms with van der Waals surface area (Å²) in [5, 5.41) is 2.80. The fraction of sp³-hybridized carbons (Fsp3) is 0.174. The topological polar surface area (TPSA) is 80.3 Å². The molecule has 6 heteroatoms. The molecule has 0 aliphatic carbocycles. The van der Waals surface area contributed by atoms with Gasteiger partial charge in [0, 0.05) is 24.5 Å². The molecular formula is C23H23N3O3. The minimum absolute atomic E-state index is 0.0394. The maximum Gasteiger partial charge on any atom is 0.247 e. The molecular weight excluding hydrogens is 366 g/mol. The van der Waals surface area contributed by atoms with Crippen LogP contribution in [0.5, 0.6) is 0 Å². The Bertz CT molecular complexity index is 902. The van der Waals surface area contributed by atoms with Crippen molar-refractivity contribution in [1.82, 2.24) is 10.5 Å². The molecule has 0 aliphatic heterocycles. The molecule has 3 aromatic rings. The number of benzene rings is 2. The smallest absolute Gasteiger partial charge is 0.247 e. The van der Waals surface area contributed by atoms with Crippen LogP contribution in [0.15, 0.2) is 85.2 Å². The van der Waals surface area contributed by atoms with Crippen molar-refractivity contribution >= 4 is 17.5 Å². The number of carbonyl (C=O) groups excluding carboxylic acids is 2. The molecule has 1 unspecified atom stereocenters. The van der Waals surface area contributed by atoms with Crippen molar-refractivity contribution in [3.8, 4) is 0 Å². The van der Waals surface area contributed by atoms with Crippen LogP contribution in [0.25, 0.3) is 0 Å². The summed E-state index contributed by atoms with van der Waals surface area (Å²) in [6.45, 7) is 0.258. The van der Waals surface area contributed by atoms with Gasteiger partial charge in [0.2, 0.25) is 11.8 Å². The van der Waals surface area contributed by atoms with Crippen LogP contribution >= 0.6 is 0 Å². The second kappa shape index (κ2) is 10.7. The van der Waals surface area contributed by atoms with Gasteiger partial charge in [0.1, 0.15) is 0 Å². The molecule has 1 heterocycles. The number of carbonyl (C=O) groups is 2. The average Bonchev–Trinajstić information content (AvgIpc) is 2.75. The van der Waals surface area contributed by atoms with Gasteiger partial charge in [-0.1, -0.05) is 60.7 Å². The van der Waals surface area contributed by atoms with E-state index in [-0.39, 0.29) is 24.8 Å². The van der Waals surface area contributed by atoms with Gasteiger partial charge in [-0.3, -0.25) is 19.4 Å². The summed E-state index contributed by atoms with van der Waals surface area (Å²) in [5.74, 6) is -1.12. The average molecular weight is 389 g/mol. The highest BCUT2D eigenvalue weighted by molar-refractivity contribution is 5.94. The third-order valence-corrected chi connectivity index (χ3v) is 4.35. The second-order valence-electron chi connectivity index (χ2n) is 6.62. The Balaban J connectivity index is 1.60. The molecule has 3 rings (SSSR count). The lowest BCUT2D eigenvalue weighted by atomic mass is 9.95. The fourth-order valence-electron chi connectivity index (χ4n) is 2.88. The van der Waals surface area contributed by atoms with Gasteiger partial charge in [0.05, 0.1) is 12.5 Å². The van der Waals surface area contributed by atoms with E-state index in [0.717, 1.165) is 11.1 Å². The van der Waals surface area contributed by atoms with Crippen LogP contribution in [-0.2, 0) is 27.5 Å². The Kier molecular flexibility index (Phi) is 7.48. The van der Waals surface area contributed by atoms with Crippen LogP contribution < -0.4 is 10.8 Å². The van der Waals surface area contributed by atoms with E-state index in [1.54, 1.807) is 24.5 Å². The van der Waals surface area contributed by atoms with Crippen molar-refractivity contribution in [3.05, 3.63) is 96.3 Å². The van der Waals surface area contributed by atoms with Crippen molar-refractivity contribution in [1.29, 1.82) is 0 Å². The maximum atomic E-state index is 12.7. The van der Waals surface area contributed by atoms with Crippen molar-refractivity contribution in [3.63, 3.8) is 0 Å². The van der Waals surface area contributed by atoms with Gasteiger partial charge >= 0.3 is 0 Å². The molecule has 0 spiro atoms. The molecule has 2 N–H and O–H groups in total. The number of hydroxylamine groups is 1. The number of amides is 2. The van der Waals surface area contributed by atoms with Crippen LogP contribution in [0.4, 0.5) is 5.69 Å². The van der Waals surface area contributed by atoms with Gasteiger partial charge in [-0.2, -0.15) is 0 Å². The summed E-state index contributed by atoms with van der Waals surface area (Å²) in [7, 11) is 0. The summed E-state index contributed by atoms with van der Waals surface area (Å²) in [6.07, 6.45) is 3.67. The molecule has 1 aromatic heterocycles. The highest BCUT2D eigenvalue weighted by Crippen LogP contribution is 2.15. The molecule has 2 aromatic carbocycles. The van der Waals surface area contributed by atoms with Crippen LogP contribution in [0.1, 0.15) is 17.5 Å². The first kappa shape index (κ1) is 20.2. The number of anilines is 1. The predicted molar refractivity (Wildman–Crippen MR) is 110 cm³/mol. The van der Waals surface area contributed by atoms with Gasteiger partial charge in [0.25, 0.3) is 0 Å². The summed E-state index contributed by atoms with van der Waals surface area (Å²) >= 11 is 0. The van der Waals surface area contributed by atoms with Gasteiger partial charge in [-0.15, -0.1) is 0 Å². The second-order valence-corrected chi connectivity index (χ2v) is 6.62. The van der Waals surface area contributed by atoms with Gasteiger partial charge in [-0.05, 0) is 29.7 Å². The van der Waals surface area contributed by atoms with Gasteiger partial charge in [0.15, 0.2) is 0 Å². The number of hydrogen-bond acceptors (Lipinski definition) is 4. The number of pyridine rings is 1. The molecule has 0 radical (unpaired) electrons. The Labute approximate surface area is 169 Å². The van der Waals surface area contributed by atoms with Crippen LogP contribution in [0.3, 0.4) is 0 Å². The van der Waals surface area contributed by atoms with E-state index >= 15 is 0 Å². The van der Waals surface area contributed by atoms with E-state index in [4.69, 9.17) is 4.84 Å². The van der Waals surface area contributed by atoms with E-state index in [0.29, 0.717) is 12.1 Å². The SMILES string of the molecule is O=C(CC(Cc1ccccc1)C(=O)NOCc1ccccc1)Nc1ccncc1. The van der Waals surface area contributed by atoms with E-state index < -0.39 is 5.92 Å². The highest BCUT2D eigenvalue weighted by Gasteiger charge is 2.23. The lowest BCUT2D eigenvalue weighted by molar-refractivity contribution is -0.140. The summed E-state index contributed by atoms with van der Waals surface area (Å²) in [6, 6.07) is 22.6. The number of rotatable bonds is 9. The van der Waals surface area contributed by atoms with E-state index in [9.17, 15) is 9.59 Å². The van der Waals surface area contributed by atoms with Crippen LogP contribution in [0, 0.1) is 5.92 Å². The van der Waals surface area contributed by atoms with Crippen LogP contribution in [-0.4, -0.2) is 16.8 Å². The van der Waals surface area contributed by atoms with Crippen molar-refractivity contribution in [2.45, 2.75) is 19.4 Å². The lowest BCUT2D eigenvalue weighted by Crippen LogP contribution is -2.34. The first-order chi connectivity index (χ1) is 14.2. The molecule has 6 nitrogen and oxygen atoms in total. The summed E-state index contributed by atoms with van der Waals surface area (Å²) in [4.78, 5) is 34.4. The number of nitrogens with one attached hydrogen (secondary N) is 2. The number of aromatic nitrogens is 1. The molecule has 2 amide bonds. The zero-order valence-electron chi connectivity index (χ0n) is 16.0. The van der Waals surface area contributed by atoms with Gasteiger partial charge in [-0.25, -0.2) is 5.48 Å². The van der Waals surface area contributed by atoms with Crippen LogP contribution in [0.2, 0.25) is 0 Å². The Morgan fingerprint density at radius 2 is 1.48 bits per heavy atom. The third-order valence-electron chi connectivity index (χ3n) is 4.35. The summed E-state index contributed by atoms with van der Waals surface area (Å²) < 4.78 is 0. The van der Waals surface area contributed by atoms with Crippen molar-refractivity contribution in [2.75, 3.05) is 5.32 Å². The minimum atomic E-state index is -0.560. The van der Waals surface area contributed by atoms with Gasteiger partial charge < -0.3 is 5.32 Å². The monoisotopic (exact) mass is 389 g/mol. The lowest BCUT2D eigenvalue weighted by Gasteiger charge is -2.17. The Morgan fingerprint density at radius 1 is 0.862 bits per heavy atom. The standard InChI is InChI=1S/C23H23N3O3/c27-22(25-21-11-13-24-14-12-21)16-20(15-18-7-3-1-4-8-18)23(28)26-29-17-19-9-5-2-6-10-19/h1-14,20H,15-17H2,(H,26,28)(H,24,25,27). The Hall–Kier alpha value is -3.51. The Morgan fingerprint density at radius 3 is 2.14 bits per heavy atom. The van der Waals surface area contributed by atoms with E-state index in [1.807, 2.05) is 60.7 Å². The zero-order chi connectivity index (χ0) is 20.3.